The van der Waals surface area contributed by atoms with E-state index in [1.165, 1.54) is 49.1 Å². The molecule has 1 fully saturated rings. The maximum Gasteiger partial charge on any atom is 0.206 e. The largest absolute Gasteiger partial charge is 0.387 e. The monoisotopic (exact) mass is 600 g/mol. The molecule has 0 bridgehead atoms. The first-order chi connectivity index (χ1) is 20.9. The molecule has 4 aromatic rings. The lowest BCUT2D eigenvalue weighted by Crippen LogP contribution is -2.93. The van der Waals surface area contributed by atoms with Crippen molar-refractivity contribution >= 4 is 23.1 Å². The minimum Gasteiger partial charge on any atom is -0.387 e. The number of aromatic nitrogens is 4. The number of pyridine rings is 4. The molecule has 14 heteroatoms. The standard InChI is InChI=1S/C30H24N4O10/c35-21(17-5-1-9-31-13-17)27(41)25(39)26(40)28(42,22(36)18-6-2-10-32-14-18)30(44,24(38)20-8-4-12-34-16-20)29(27,43)23(37)19-7-3-11-33-15-19/h1-16,25-26,39-44H/t25-,26-,27-,28-,29+,30+/m1/s1. The third-order valence-corrected chi connectivity index (χ3v) is 7.83. The molecule has 0 saturated heterocycles. The number of carbonyl (C=O) groups excluding carboxylic acids is 4. The fourth-order valence-electron chi connectivity index (χ4n) is 5.55. The molecule has 5 rings (SSSR count). The van der Waals surface area contributed by atoms with Crippen LogP contribution < -0.4 is 0 Å². The molecule has 6 N–H and O–H groups in total. The zero-order valence-electron chi connectivity index (χ0n) is 22.5. The lowest BCUT2D eigenvalue weighted by Gasteiger charge is -2.61. The summed E-state index contributed by atoms with van der Waals surface area (Å²) in [7, 11) is 0. The molecule has 4 heterocycles. The first kappa shape index (κ1) is 30.5. The van der Waals surface area contributed by atoms with Crippen molar-refractivity contribution in [1.82, 2.24) is 19.9 Å². The van der Waals surface area contributed by atoms with Crippen molar-refractivity contribution in [3.8, 4) is 0 Å². The number of hydrogen-bond donors (Lipinski definition) is 6. The van der Waals surface area contributed by atoms with Crippen LogP contribution in [0.15, 0.2) is 98.1 Å². The minimum atomic E-state index is -4.33. The van der Waals surface area contributed by atoms with Crippen molar-refractivity contribution in [3.63, 3.8) is 0 Å². The summed E-state index contributed by atoms with van der Waals surface area (Å²) in [6.07, 6.45) is 2.09. The second-order valence-electron chi connectivity index (χ2n) is 10.1. The van der Waals surface area contributed by atoms with E-state index in [0.29, 0.717) is 0 Å². The van der Waals surface area contributed by atoms with E-state index >= 15 is 0 Å². The van der Waals surface area contributed by atoms with Gasteiger partial charge < -0.3 is 30.6 Å². The molecule has 14 nitrogen and oxygen atoms in total. The normalized spacial score (nSPS) is 29.9. The van der Waals surface area contributed by atoms with Gasteiger partial charge in [-0.3, -0.25) is 39.1 Å². The molecule has 1 saturated carbocycles. The summed E-state index contributed by atoms with van der Waals surface area (Å²) in [5.41, 5.74) is -19.1. The third kappa shape index (κ3) is 3.97. The maximum atomic E-state index is 14.4. The number of nitrogens with zero attached hydrogens (tertiary/aromatic N) is 4. The van der Waals surface area contributed by atoms with Crippen LogP contribution in [0.1, 0.15) is 41.4 Å². The number of carbonyl (C=O) groups is 4. The Kier molecular flexibility index (Phi) is 7.59. The zero-order valence-corrected chi connectivity index (χ0v) is 22.5. The molecule has 0 unspecified atom stereocenters. The molecule has 44 heavy (non-hydrogen) atoms. The topological polar surface area (TPSA) is 241 Å². The van der Waals surface area contributed by atoms with Crippen LogP contribution in [0.2, 0.25) is 0 Å². The lowest BCUT2D eigenvalue weighted by atomic mass is 9.48. The highest BCUT2D eigenvalue weighted by atomic mass is 16.5. The number of hydrogen-bond acceptors (Lipinski definition) is 14. The second-order valence-corrected chi connectivity index (χ2v) is 10.1. The molecule has 224 valence electrons. The molecule has 0 amide bonds. The molecule has 0 radical (unpaired) electrons. The average molecular weight is 601 g/mol. The van der Waals surface area contributed by atoms with Gasteiger partial charge in [-0.05, 0) is 48.5 Å². The summed E-state index contributed by atoms with van der Waals surface area (Å²) < 4.78 is 0. The first-order valence-electron chi connectivity index (χ1n) is 12.9. The summed E-state index contributed by atoms with van der Waals surface area (Å²) in [4.78, 5) is 71.7. The molecule has 0 aromatic carbocycles. The molecule has 1 aliphatic carbocycles. The van der Waals surface area contributed by atoms with E-state index in [2.05, 4.69) is 19.9 Å². The lowest BCUT2D eigenvalue weighted by molar-refractivity contribution is -0.316. The van der Waals surface area contributed by atoms with E-state index < -0.39 is 80.0 Å². The van der Waals surface area contributed by atoms with Gasteiger partial charge in [-0.15, -0.1) is 0 Å². The number of aliphatic hydroxyl groups is 6. The Labute approximate surface area is 248 Å². The van der Waals surface area contributed by atoms with E-state index in [4.69, 9.17) is 0 Å². The Morgan fingerprint density at radius 1 is 0.477 bits per heavy atom. The van der Waals surface area contributed by atoms with Crippen LogP contribution in [-0.2, 0) is 0 Å². The quantitative estimate of drug-likeness (QED) is 0.130. The van der Waals surface area contributed by atoms with Crippen LogP contribution in [0.4, 0.5) is 0 Å². The molecule has 1 aliphatic rings. The van der Waals surface area contributed by atoms with Crippen LogP contribution in [0.3, 0.4) is 0 Å². The van der Waals surface area contributed by atoms with Crippen LogP contribution in [0.5, 0.6) is 0 Å². The van der Waals surface area contributed by atoms with Crippen molar-refractivity contribution in [1.29, 1.82) is 0 Å². The Hall–Kier alpha value is -4.96. The summed E-state index contributed by atoms with van der Waals surface area (Å²) in [6, 6.07) is 9.01. The Morgan fingerprint density at radius 3 is 0.955 bits per heavy atom. The Morgan fingerprint density at radius 2 is 0.727 bits per heavy atom. The highest BCUT2D eigenvalue weighted by Crippen LogP contribution is 2.54. The van der Waals surface area contributed by atoms with E-state index in [0.717, 1.165) is 49.1 Å². The van der Waals surface area contributed by atoms with Gasteiger partial charge in [0, 0.05) is 71.8 Å². The zero-order chi connectivity index (χ0) is 31.9. The van der Waals surface area contributed by atoms with E-state index in [-0.39, 0.29) is 0 Å². The number of rotatable bonds is 8. The van der Waals surface area contributed by atoms with Gasteiger partial charge in [0.25, 0.3) is 0 Å². The van der Waals surface area contributed by atoms with Crippen molar-refractivity contribution in [2.45, 2.75) is 34.6 Å². The van der Waals surface area contributed by atoms with Gasteiger partial charge in [-0.1, -0.05) is 0 Å². The Balaban J connectivity index is 1.93. The number of ketones is 4. The van der Waals surface area contributed by atoms with Gasteiger partial charge in [0.1, 0.15) is 12.2 Å². The molecule has 4 aromatic heterocycles. The molecule has 6 atom stereocenters. The van der Waals surface area contributed by atoms with Gasteiger partial charge in [0.2, 0.25) is 34.3 Å². The van der Waals surface area contributed by atoms with Crippen LogP contribution in [0, 0.1) is 0 Å². The van der Waals surface area contributed by atoms with Crippen molar-refractivity contribution in [2.75, 3.05) is 0 Å². The highest BCUT2D eigenvalue weighted by Gasteiger charge is 2.87. The van der Waals surface area contributed by atoms with Crippen LogP contribution >= 0.6 is 0 Å². The van der Waals surface area contributed by atoms with Crippen LogP contribution in [0.25, 0.3) is 0 Å². The predicted octanol–water partition coefficient (Wildman–Crippen LogP) is -1.24. The van der Waals surface area contributed by atoms with E-state index in [1.54, 1.807) is 0 Å². The van der Waals surface area contributed by atoms with Gasteiger partial charge >= 0.3 is 0 Å². The predicted molar refractivity (Wildman–Crippen MR) is 146 cm³/mol. The fourth-order valence-corrected chi connectivity index (χ4v) is 5.55. The van der Waals surface area contributed by atoms with Gasteiger partial charge in [-0.2, -0.15) is 0 Å². The van der Waals surface area contributed by atoms with Crippen molar-refractivity contribution < 1.29 is 49.8 Å². The number of aliphatic hydroxyl groups excluding tert-OH is 2. The second kappa shape index (κ2) is 10.9. The van der Waals surface area contributed by atoms with Gasteiger partial charge in [0.05, 0.1) is 0 Å². The summed E-state index contributed by atoms with van der Waals surface area (Å²) in [5, 5.41) is 72.3. The van der Waals surface area contributed by atoms with E-state index in [9.17, 15) is 49.8 Å². The van der Waals surface area contributed by atoms with Gasteiger partial charge in [0.15, 0.2) is 11.2 Å². The smallest absolute Gasteiger partial charge is 0.206 e. The van der Waals surface area contributed by atoms with Gasteiger partial charge in [-0.25, -0.2) is 0 Å². The summed E-state index contributed by atoms with van der Waals surface area (Å²) in [6.45, 7) is 0. The third-order valence-electron chi connectivity index (χ3n) is 7.83. The van der Waals surface area contributed by atoms with E-state index in [1.807, 2.05) is 0 Å². The molecule has 0 spiro atoms. The maximum absolute atomic E-state index is 14.4. The number of Topliss-reactive ketones (excluding diaryl/α,β-unsaturated/α-hetero) is 4. The Bertz CT molecular complexity index is 1600. The molecule has 0 aliphatic heterocycles. The van der Waals surface area contributed by atoms with Crippen LogP contribution in [-0.4, -0.2) is 108 Å². The summed E-state index contributed by atoms with van der Waals surface area (Å²) in [5.74, 6) is -7.06. The van der Waals surface area contributed by atoms with Crippen molar-refractivity contribution in [3.05, 3.63) is 120 Å². The molecular formula is C30H24N4O10. The molecular weight excluding hydrogens is 576 g/mol. The summed E-state index contributed by atoms with van der Waals surface area (Å²) >= 11 is 0. The average Bonchev–Trinajstić information content (AvgIpc) is 3.09. The SMILES string of the molecule is O=C(c1cccnc1)[C@@]1(O)[C@](O)(C(=O)c2cccnc2)[C@@](O)(C(=O)c2cccnc2)[C@H](O)[C@@H](O)[C@]1(O)C(=O)c1cccnc1. The van der Waals surface area contributed by atoms with Crippen molar-refractivity contribution in [2.24, 2.45) is 0 Å². The first-order valence-corrected chi connectivity index (χ1v) is 12.9. The minimum absolute atomic E-state index is 0.557. The highest BCUT2D eigenvalue weighted by molar-refractivity contribution is 6.22. The fraction of sp³-hybridized carbons (Fsp3) is 0.200.